The standard InChI is InChI=1S/C19H20ClN5O2S/c20-15-3-1-2-4-17(15)28(26,27)24-11-9-14(10-12-24)19-22-21-18-8-7-16(13-5-6-13)23-25(18)19/h1-4,7-8,13-14H,5-6,9-12H2. The highest BCUT2D eigenvalue weighted by atomic mass is 35.5. The SMILES string of the molecule is O=S(=O)(c1ccccc1Cl)N1CCC(c2nnc3ccc(C4CC4)nn23)CC1. The number of fused-ring (bicyclic) bond motifs is 1. The topological polar surface area (TPSA) is 80.5 Å². The highest BCUT2D eigenvalue weighted by Gasteiger charge is 2.33. The van der Waals surface area contributed by atoms with Gasteiger partial charge >= 0.3 is 0 Å². The smallest absolute Gasteiger partial charge is 0.207 e. The number of hydrogen-bond donors (Lipinski definition) is 0. The van der Waals surface area contributed by atoms with Gasteiger partial charge in [0.25, 0.3) is 0 Å². The van der Waals surface area contributed by atoms with Crippen molar-refractivity contribution in [2.24, 2.45) is 0 Å². The van der Waals surface area contributed by atoms with Gasteiger partial charge in [-0.25, -0.2) is 8.42 Å². The Morgan fingerprint density at radius 3 is 2.39 bits per heavy atom. The third kappa shape index (κ3) is 3.09. The summed E-state index contributed by atoms with van der Waals surface area (Å²) in [5.74, 6) is 1.52. The Hall–Kier alpha value is -2.03. The second kappa shape index (κ2) is 6.79. The first-order chi connectivity index (χ1) is 13.5. The van der Waals surface area contributed by atoms with Gasteiger partial charge in [-0.1, -0.05) is 23.7 Å². The molecule has 1 aliphatic carbocycles. The van der Waals surface area contributed by atoms with Gasteiger partial charge in [0, 0.05) is 24.9 Å². The van der Waals surface area contributed by atoms with Crippen molar-refractivity contribution in [1.29, 1.82) is 0 Å². The summed E-state index contributed by atoms with van der Waals surface area (Å²) in [4.78, 5) is 0.166. The lowest BCUT2D eigenvalue weighted by molar-refractivity contribution is 0.311. The van der Waals surface area contributed by atoms with Crippen LogP contribution in [0.1, 0.15) is 49.0 Å². The van der Waals surface area contributed by atoms with Crippen molar-refractivity contribution in [3.05, 3.63) is 52.9 Å². The summed E-state index contributed by atoms with van der Waals surface area (Å²) in [5.41, 5.74) is 1.83. The summed E-state index contributed by atoms with van der Waals surface area (Å²) in [5, 5.41) is 13.6. The van der Waals surface area contributed by atoms with Gasteiger partial charge in [0.05, 0.1) is 10.7 Å². The molecule has 5 rings (SSSR count). The van der Waals surface area contributed by atoms with Crippen molar-refractivity contribution in [3.63, 3.8) is 0 Å². The molecule has 7 nitrogen and oxygen atoms in total. The Morgan fingerprint density at radius 2 is 1.68 bits per heavy atom. The molecule has 0 amide bonds. The summed E-state index contributed by atoms with van der Waals surface area (Å²) in [6, 6.07) is 10.6. The zero-order chi connectivity index (χ0) is 19.3. The van der Waals surface area contributed by atoms with Crippen molar-refractivity contribution < 1.29 is 8.42 Å². The number of benzene rings is 1. The molecule has 0 N–H and O–H groups in total. The van der Waals surface area contributed by atoms with Crippen LogP contribution in [0.5, 0.6) is 0 Å². The minimum Gasteiger partial charge on any atom is -0.207 e. The van der Waals surface area contributed by atoms with Gasteiger partial charge in [0.1, 0.15) is 4.90 Å². The van der Waals surface area contributed by atoms with Crippen molar-refractivity contribution in [1.82, 2.24) is 24.1 Å². The van der Waals surface area contributed by atoms with E-state index in [2.05, 4.69) is 10.2 Å². The molecule has 1 aromatic carbocycles. The van der Waals surface area contributed by atoms with Gasteiger partial charge in [0.15, 0.2) is 11.5 Å². The van der Waals surface area contributed by atoms with Gasteiger partial charge in [-0.2, -0.15) is 13.9 Å². The van der Waals surface area contributed by atoms with Crippen LogP contribution in [0, 0.1) is 0 Å². The van der Waals surface area contributed by atoms with E-state index >= 15 is 0 Å². The number of aromatic nitrogens is 4. The third-order valence-electron chi connectivity index (χ3n) is 5.58. The second-order valence-corrected chi connectivity index (χ2v) is 9.78. The average Bonchev–Trinajstić information content (AvgIpc) is 3.47. The molecule has 9 heteroatoms. The lowest BCUT2D eigenvalue weighted by atomic mass is 9.97. The minimum absolute atomic E-state index is 0.134. The van der Waals surface area contributed by atoms with E-state index in [-0.39, 0.29) is 15.8 Å². The van der Waals surface area contributed by atoms with Crippen LogP contribution in [-0.4, -0.2) is 45.6 Å². The highest BCUT2D eigenvalue weighted by molar-refractivity contribution is 7.89. The lowest BCUT2D eigenvalue weighted by Crippen LogP contribution is -2.38. The second-order valence-electron chi connectivity index (χ2n) is 7.47. The van der Waals surface area contributed by atoms with E-state index in [9.17, 15) is 8.42 Å². The van der Waals surface area contributed by atoms with Crippen molar-refractivity contribution in [2.75, 3.05) is 13.1 Å². The summed E-state index contributed by atoms with van der Waals surface area (Å²) in [7, 11) is -3.59. The molecule has 1 saturated heterocycles. The van der Waals surface area contributed by atoms with Crippen LogP contribution in [-0.2, 0) is 10.0 Å². The fourth-order valence-corrected chi connectivity index (χ4v) is 5.78. The number of hydrogen-bond acceptors (Lipinski definition) is 5. The van der Waals surface area contributed by atoms with E-state index in [0.29, 0.717) is 31.8 Å². The van der Waals surface area contributed by atoms with Crippen LogP contribution in [0.15, 0.2) is 41.3 Å². The zero-order valence-corrected chi connectivity index (χ0v) is 16.8. The van der Waals surface area contributed by atoms with Crippen LogP contribution >= 0.6 is 11.6 Å². The Labute approximate surface area is 168 Å². The maximum Gasteiger partial charge on any atom is 0.244 e. The molecule has 146 valence electrons. The summed E-state index contributed by atoms with van der Waals surface area (Å²) < 4.78 is 29.2. The quantitative estimate of drug-likeness (QED) is 0.651. The van der Waals surface area contributed by atoms with Crippen LogP contribution in [0.4, 0.5) is 0 Å². The lowest BCUT2D eigenvalue weighted by Gasteiger charge is -2.30. The molecule has 2 fully saturated rings. The summed E-state index contributed by atoms with van der Waals surface area (Å²) in [6.07, 6.45) is 3.74. The van der Waals surface area contributed by atoms with E-state index in [1.807, 2.05) is 16.6 Å². The molecule has 1 saturated carbocycles. The van der Waals surface area contributed by atoms with Crippen LogP contribution < -0.4 is 0 Å². The molecule has 0 radical (unpaired) electrons. The van der Waals surface area contributed by atoms with E-state index in [1.54, 1.807) is 24.3 Å². The molecule has 3 aromatic rings. The fourth-order valence-electron chi connectivity index (χ4n) is 3.82. The van der Waals surface area contributed by atoms with Crippen LogP contribution in [0.25, 0.3) is 5.65 Å². The average molecular weight is 418 g/mol. The third-order valence-corrected chi connectivity index (χ3v) is 7.98. The molecule has 2 aliphatic rings. The zero-order valence-electron chi connectivity index (χ0n) is 15.2. The Morgan fingerprint density at radius 1 is 0.929 bits per heavy atom. The van der Waals surface area contributed by atoms with Gasteiger partial charge in [-0.05, 0) is 49.9 Å². The van der Waals surface area contributed by atoms with Crippen LogP contribution in [0.2, 0.25) is 5.02 Å². The highest BCUT2D eigenvalue weighted by Crippen LogP contribution is 2.39. The number of halogens is 1. The summed E-state index contributed by atoms with van der Waals surface area (Å²) >= 11 is 6.11. The normalized spacial score (nSPS) is 19.3. The number of rotatable bonds is 4. The first-order valence-electron chi connectivity index (χ1n) is 9.51. The molecule has 1 aliphatic heterocycles. The van der Waals surface area contributed by atoms with Crippen LogP contribution in [0.3, 0.4) is 0 Å². The molecular weight excluding hydrogens is 398 g/mol. The monoisotopic (exact) mass is 417 g/mol. The molecule has 0 atom stereocenters. The summed E-state index contributed by atoms with van der Waals surface area (Å²) in [6.45, 7) is 0.852. The molecule has 0 bridgehead atoms. The molecule has 0 spiro atoms. The maximum atomic E-state index is 12.9. The Balaban J connectivity index is 1.37. The van der Waals surface area contributed by atoms with E-state index in [1.165, 1.54) is 17.1 Å². The van der Waals surface area contributed by atoms with Gasteiger partial charge < -0.3 is 0 Å². The largest absolute Gasteiger partial charge is 0.244 e. The molecule has 3 heterocycles. The van der Waals surface area contributed by atoms with E-state index in [4.69, 9.17) is 16.7 Å². The molecule has 0 unspecified atom stereocenters. The number of piperidine rings is 1. The maximum absolute atomic E-state index is 12.9. The van der Waals surface area contributed by atoms with Crippen molar-refractivity contribution in [3.8, 4) is 0 Å². The van der Waals surface area contributed by atoms with Gasteiger partial charge in [-0.3, -0.25) is 0 Å². The first kappa shape index (κ1) is 18.0. The molecule has 2 aromatic heterocycles. The Kier molecular flexibility index (Phi) is 4.37. The predicted molar refractivity (Wildman–Crippen MR) is 105 cm³/mol. The van der Waals surface area contributed by atoms with Gasteiger partial charge in [0.2, 0.25) is 10.0 Å². The van der Waals surface area contributed by atoms with Crippen molar-refractivity contribution >= 4 is 27.3 Å². The first-order valence-corrected chi connectivity index (χ1v) is 11.3. The molecular formula is C19H20ClN5O2S. The van der Waals surface area contributed by atoms with Gasteiger partial charge in [-0.15, -0.1) is 10.2 Å². The Bertz CT molecular complexity index is 1130. The number of nitrogens with zero attached hydrogens (tertiary/aromatic N) is 5. The minimum atomic E-state index is -3.59. The predicted octanol–water partition coefficient (Wildman–Crippen LogP) is 3.22. The number of sulfonamides is 1. The van der Waals surface area contributed by atoms with E-state index < -0.39 is 10.0 Å². The van der Waals surface area contributed by atoms with Crippen molar-refractivity contribution in [2.45, 2.75) is 42.4 Å². The van der Waals surface area contributed by atoms with E-state index in [0.717, 1.165) is 17.2 Å². The molecule has 28 heavy (non-hydrogen) atoms. The fraction of sp³-hybridized carbons (Fsp3) is 0.421.